The molecule has 0 spiro atoms. The molecule has 4 atom stereocenters. The summed E-state index contributed by atoms with van der Waals surface area (Å²) in [5.41, 5.74) is 2.44. The highest BCUT2D eigenvalue weighted by Crippen LogP contribution is 2.51. The number of Topliss-reactive ketones (excluding diaryl/α,β-unsaturated/α-hetero) is 1. The van der Waals surface area contributed by atoms with Gasteiger partial charge in [-0.25, -0.2) is 9.18 Å². The summed E-state index contributed by atoms with van der Waals surface area (Å²) < 4.78 is 29.4. The van der Waals surface area contributed by atoms with E-state index in [2.05, 4.69) is 5.32 Å². The first-order valence-electron chi connectivity index (χ1n) is 14.1. The molecule has 4 aromatic rings. The van der Waals surface area contributed by atoms with Gasteiger partial charge >= 0.3 is 6.09 Å². The molecule has 1 aliphatic rings. The second kappa shape index (κ2) is 13.4. The van der Waals surface area contributed by atoms with E-state index in [-0.39, 0.29) is 18.1 Å². The highest BCUT2D eigenvalue weighted by Gasteiger charge is 2.57. The Morgan fingerprint density at radius 3 is 1.91 bits per heavy atom. The van der Waals surface area contributed by atoms with Crippen LogP contribution in [0.5, 0.6) is 11.5 Å². The first-order valence-corrected chi connectivity index (χ1v) is 14.1. The molecule has 5 rings (SSSR count). The summed E-state index contributed by atoms with van der Waals surface area (Å²) in [5.74, 6) is -1.54. The SMILES string of the molecule is COC(=O)N1C(C(=O)NCc2ccc(F)cc2)C(c2ccccc2)C(C(=O)c2ccc(OC)cc2)C1c1ccc(OC)cc1. The average molecular weight is 597 g/mol. The standard InChI is InChI=1S/C35H33FN2O6/c1-42-27-17-11-24(12-18-27)31-30(33(39)25-13-19-28(43-2)20-14-25)29(23-7-5-4-6-8-23)32(38(31)35(41)44-3)34(40)37-21-22-9-15-26(36)16-10-22/h4-20,29-32H,21H2,1-3H3,(H,37,40). The number of ether oxygens (including phenoxy) is 3. The number of rotatable bonds is 9. The number of methoxy groups -OCH3 is 3. The zero-order valence-electron chi connectivity index (χ0n) is 24.6. The molecule has 1 fully saturated rings. The number of carbonyl (C=O) groups is 3. The quantitative estimate of drug-likeness (QED) is 0.241. The minimum atomic E-state index is -1.12. The van der Waals surface area contributed by atoms with Crippen LogP contribution in [-0.2, 0) is 16.1 Å². The third kappa shape index (κ3) is 6.13. The van der Waals surface area contributed by atoms with Crippen molar-refractivity contribution in [3.05, 3.63) is 131 Å². The Morgan fingerprint density at radius 2 is 1.34 bits per heavy atom. The molecule has 0 saturated carbocycles. The highest BCUT2D eigenvalue weighted by atomic mass is 19.1. The van der Waals surface area contributed by atoms with E-state index in [1.165, 1.54) is 24.1 Å². The molecule has 1 aliphatic heterocycles. The van der Waals surface area contributed by atoms with Crippen LogP contribution in [0.3, 0.4) is 0 Å². The predicted octanol–water partition coefficient (Wildman–Crippen LogP) is 5.93. The maximum Gasteiger partial charge on any atom is 0.410 e. The normalized spacial score (nSPS) is 19.2. The predicted molar refractivity (Wildman–Crippen MR) is 162 cm³/mol. The van der Waals surface area contributed by atoms with Crippen LogP contribution in [0.1, 0.15) is 39.0 Å². The van der Waals surface area contributed by atoms with Gasteiger partial charge in [0.1, 0.15) is 23.4 Å². The summed E-state index contributed by atoms with van der Waals surface area (Å²) in [6.45, 7) is 0.0937. The van der Waals surface area contributed by atoms with Crippen LogP contribution in [0.15, 0.2) is 103 Å². The van der Waals surface area contributed by atoms with Crippen LogP contribution in [0.25, 0.3) is 0 Å². The van der Waals surface area contributed by atoms with Crippen molar-refractivity contribution >= 4 is 17.8 Å². The number of carbonyl (C=O) groups excluding carboxylic acids is 3. The number of hydrogen-bond donors (Lipinski definition) is 1. The molecule has 1 saturated heterocycles. The van der Waals surface area contributed by atoms with Crippen LogP contribution in [0, 0.1) is 11.7 Å². The molecule has 2 amide bonds. The van der Waals surface area contributed by atoms with Crippen LogP contribution in [-0.4, -0.2) is 50.1 Å². The van der Waals surface area contributed by atoms with Crippen molar-refractivity contribution in [3.63, 3.8) is 0 Å². The largest absolute Gasteiger partial charge is 0.497 e. The average Bonchev–Trinajstić information content (AvgIpc) is 3.44. The van der Waals surface area contributed by atoms with Crippen LogP contribution < -0.4 is 14.8 Å². The minimum absolute atomic E-state index is 0.0937. The lowest BCUT2D eigenvalue weighted by molar-refractivity contribution is -0.126. The lowest BCUT2D eigenvalue weighted by Crippen LogP contribution is -2.48. The van der Waals surface area contributed by atoms with E-state index in [1.54, 1.807) is 74.9 Å². The summed E-state index contributed by atoms with van der Waals surface area (Å²) in [7, 11) is 4.34. The summed E-state index contributed by atoms with van der Waals surface area (Å²) in [6.07, 6.45) is -0.751. The Bertz CT molecular complexity index is 1590. The molecule has 0 aromatic heterocycles. The fourth-order valence-electron chi connectivity index (χ4n) is 5.92. The number of halogens is 1. The van der Waals surface area contributed by atoms with Gasteiger partial charge in [-0.1, -0.05) is 54.6 Å². The van der Waals surface area contributed by atoms with Gasteiger partial charge in [-0.15, -0.1) is 0 Å². The molecule has 0 radical (unpaired) electrons. The molecule has 9 heteroatoms. The van der Waals surface area contributed by atoms with E-state index < -0.39 is 35.9 Å². The first kappa shape index (κ1) is 30.3. The number of ketones is 1. The molecular formula is C35H33FN2O6. The third-order valence-corrected chi connectivity index (χ3v) is 8.02. The summed E-state index contributed by atoms with van der Waals surface area (Å²) >= 11 is 0. The summed E-state index contributed by atoms with van der Waals surface area (Å²) in [6, 6.07) is 26.8. The van der Waals surface area contributed by atoms with Gasteiger partial charge in [-0.2, -0.15) is 0 Å². The number of nitrogens with one attached hydrogen (secondary N) is 1. The number of hydrogen-bond acceptors (Lipinski definition) is 6. The van der Waals surface area contributed by atoms with Gasteiger partial charge in [0.25, 0.3) is 0 Å². The Morgan fingerprint density at radius 1 is 0.750 bits per heavy atom. The number of amides is 2. The molecule has 1 N–H and O–H groups in total. The molecular weight excluding hydrogens is 563 g/mol. The Balaban J connectivity index is 1.66. The summed E-state index contributed by atoms with van der Waals surface area (Å²) in [5, 5.41) is 2.91. The van der Waals surface area contributed by atoms with E-state index in [9.17, 15) is 18.8 Å². The van der Waals surface area contributed by atoms with Crippen molar-refractivity contribution in [2.45, 2.75) is 24.5 Å². The van der Waals surface area contributed by atoms with Crippen LogP contribution >= 0.6 is 0 Å². The van der Waals surface area contributed by atoms with Gasteiger partial charge in [-0.3, -0.25) is 14.5 Å². The second-order valence-electron chi connectivity index (χ2n) is 10.4. The number of benzene rings is 4. The van der Waals surface area contributed by atoms with E-state index in [0.717, 1.165) is 0 Å². The second-order valence-corrected chi connectivity index (χ2v) is 10.4. The van der Waals surface area contributed by atoms with E-state index in [1.807, 2.05) is 30.3 Å². The monoisotopic (exact) mass is 596 g/mol. The number of likely N-dealkylation sites (tertiary alicyclic amines) is 1. The smallest absolute Gasteiger partial charge is 0.410 e. The molecule has 4 unspecified atom stereocenters. The molecule has 226 valence electrons. The van der Waals surface area contributed by atoms with Gasteiger partial charge in [0.05, 0.1) is 33.3 Å². The van der Waals surface area contributed by atoms with Crippen molar-refractivity contribution < 1.29 is 33.0 Å². The van der Waals surface area contributed by atoms with Gasteiger partial charge in [-0.05, 0) is 65.2 Å². The zero-order chi connectivity index (χ0) is 31.2. The zero-order valence-corrected chi connectivity index (χ0v) is 24.6. The van der Waals surface area contributed by atoms with Crippen molar-refractivity contribution in [3.8, 4) is 11.5 Å². The molecule has 4 aromatic carbocycles. The summed E-state index contributed by atoms with van der Waals surface area (Å²) in [4.78, 5) is 43.8. The van der Waals surface area contributed by atoms with E-state index in [4.69, 9.17) is 14.2 Å². The van der Waals surface area contributed by atoms with Crippen LogP contribution in [0.4, 0.5) is 9.18 Å². The minimum Gasteiger partial charge on any atom is -0.497 e. The van der Waals surface area contributed by atoms with Gasteiger partial charge in [0, 0.05) is 18.0 Å². The van der Waals surface area contributed by atoms with Crippen molar-refractivity contribution in [2.75, 3.05) is 21.3 Å². The van der Waals surface area contributed by atoms with Crippen molar-refractivity contribution in [2.24, 2.45) is 5.92 Å². The first-order chi connectivity index (χ1) is 21.4. The van der Waals surface area contributed by atoms with Gasteiger partial charge in [0.15, 0.2) is 5.78 Å². The fraction of sp³-hybridized carbons (Fsp3) is 0.229. The van der Waals surface area contributed by atoms with E-state index in [0.29, 0.717) is 33.8 Å². The molecule has 1 heterocycles. The maximum absolute atomic E-state index is 14.6. The topological polar surface area (TPSA) is 94.2 Å². The van der Waals surface area contributed by atoms with Gasteiger partial charge in [0.2, 0.25) is 5.91 Å². The van der Waals surface area contributed by atoms with Crippen molar-refractivity contribution in [1.29, 1.82) is 0 Å². The number of nitrogens with zero attached hydrogens (tertiary/aromatic N) is 1. The molecule has 44 heavy (non-hydrogen) atoms. The molecule has 0 bridgehead atoms. The van der Waals surface area contributed by atoms with Crippen LogP contribution in [0.2, 0.25) is 0 Å². The molecule has 0 aliphatic carbocycles. The Hall–Kier alpha value is -5.18. The molecule has 8 nitrogen and oxygen atoms in total. The highest BCUT2D eigenvalue weighted by molar-refractivity contribution is 6.01. The Kier molecular flexibility index (Phi) is 9.23. The van der Waals surface area contributed by atoms with E-state index >= 15 is 0 Å². The Labute approximate surface area is 255 Å². The lowest BCUT2D eigenvalue weighted by atomic mass is 9.76. The lowest BCUT2D eigenvalue weighted by Gasteiger charge is -2.30. The van der Waals surface area contributed by atoms with Crippen molar-refractivity contribution in [1.82, 2.24) is 10.2 Å². The third-order valence-electron chi connectivity index (χ3n) is 8.02. The maximum atomic E-state index is 14.6. The fourth-order valence-corrected chi connectivity index (χ4v) is 5.92. The van der Waals surface area contributed by atoms with Gasteiger partial charge < -0.3 is 19.5 Å².